The van der Waals surface area contributed by atoms with Gasteiger partial charge in [0.1, 0.15) is 0 Å². The topological polar surface area (TPSA) is 68.0 Å². The molecule has 0 spiro atoms. The van der Waals surface area contributed by atoms with Crippen LogP contribution < -0.4 is 11.1 Å². The highest BCUT2D eigenvalue weighted by atomic mass is 35.5. The highest BCUT2D eigenvalue weighted by Gasteiger charge is 2.05. The predicted molar refractivity (Wildman–Crippen MR) is 86.0 cm³/mol. The van der Waals surface area contributed by atoms with Crippen LogP contribution in [0.1, 0.15) is 11.3 Å². The van der Waals surface area contributed by atoms with Gasteiger partial charge < -0.3 is 11.1 Å². The molecule has 20 heavy (non-hydrogen) atoms. The number of hydrogen-bond donors (Lipinski definition) is 2. The molecule has 0 aliphatic carbocycles. The maximum atomic E-state index is 11.7. The number of amides is 1. The van der Waals surface area contributed by atoms with E-state index in [0.29, 0.717) is 17.4 Å². The lowest BCUT2D eigenvalue weighted by Gasteiger charge is -2.05. The molecule has 3 N–H and O–H groups in total. The standard InChI is InChI=1S/C13H14ClN3OS2/c14-11-4-2-1-3-9(11)6-19-8-12(18)16-5-10-7-20-13(15)17-10/h1-4,7H,5-6,8H2,(H2,15,17)(H,16,18). The Kier molecular flexibility index (Phi) is 5.70. The van der Waals surface area contributed by atoms with Gasteiger partial charge >= 0.3 is 0 Å². The average Bonchev–Trinajstić information content (AvgIpc) is 2.84. The lowest BCUT2D eigenvalue weighted by molar-refractivity contribution is -0.118. The van der Waals surface area contributed by atoms with Gasteiger partial charge in [0, 0.05) is 16.2 Å². The number of benzene rings is 1. The Bertz CT molecular complexity index is 589. The number of rotatable bonds is 6. The van der Waals surface area contributed by atoms with Crippen LogP contribution >= 0.6 is 34.7 Å². The Labute approximate surface area is 130 Å². The summed E-state index contributed by atoms with van der Waals surface area (Å²) in [5.41, 5.74) is 7.35. The summed E-state index contributed by atoms with van der Waals surface area (Å²) in [7, 11) is 0. The first-order valence-corrected chi connectivity index (χ1v) is 8.34. The summed E-state index contributed by atoms with van der Waals surface area (Å²) in [6.45, 7) is 0.416. The lowest BCUT2D eigenvalue weighted by atomic mass is 10.2. The predicted octanol–water partition coefficient (Wildman–Crippen LogP) is 2.93. The van der Waals surface area contributed by atoms with Crippen molar-refractivity contribution >= 4 is 45.7 Å². The van der Waals surface area contributed by atoms with E-state index in [2.05, 4.69) is 10.3 Å². The Balaban J connectivity index is 1.69. The molecule has 0 aliphatic rings. The molecule has 2 rings (SSSR count). The number of thiazole rings is 1. The van der Waals surface area contributed by atoms with E-state index in [1.54, 1.807) is 0 Å². The van der Waals surface area contributed by atoms with Crippen molar-refractivity contribution in [2.75, 3.05) is 11.5 Å². The zero-order valence-corrected chi connectivity index (χ0v) is 13.0. The van der Waals surface area contributed by atoms with E-state index < -0.39 is 0 Å². The van der Waals surface area contributed by atoms with Gasteiger partial charge in [-0.15, -0.1) is 23.1 Å². The number of nitrogens with two attached hydrogens (primary N) is 1. The molecule has 0 bridgehead atoms. The zero-order chi connectivity index (χ0) is 14.4. The third-order valence-electron chi connectivity index (χ3n) is 2.48. The van der Waals surface area contributed by atoms with Crippen LogP contribution in [0, 0.1) is 0 Å². The Morgan fingerprint density at radius 3 is 2.95 bits per heavy atom. The molecule has 106 valence electrons. The van der Waals surface area contributed by atoms with Crippen molar-refractivity contribution in [3.05, 3.63) is 45.9 Å². The number of halogens is 1. The van der Waals surface area contributed by atoms with E-state index in [0.717, 1.165) is 22.0 Å². The molecule has 0 fully saturated rings. The summed E-state index contributed by atoms with van der Waals surface area (Å²) in [5, 5.41) is 5.90. The molecule has 0 radical (unpaired) electrons. The maximum absolute atomic E-state index is 11.7. The first-order valence-electron chi connectivity index (χ1n) is 5.93. The molecule has 7 heteroatoms. The summed E-state index contributed by atoms with van der Waals surface area (Å²) >= 11 is 8.95. The molecule has 0 atom stereocenters. The van der Waals surface area contributed by atoms with Gasteiger partial charge in [-0.3, -0.25) is 4.79 Å². The van der Waals surface area contributed by atoms with Crippen LogP contribution in [0.3, 0.4) is 0 Å². The number of nitrogen functional groups attached to an aromatic ring is 1. The largest absolute Gasteiger partial charge is 0.375 e. The van der Waals surface area contributed by atoms with Gasteiger partial charge in [0.05, 0.1) is 18.0 Å². The highest BCUT2D eigenvalue weighted by molar-refractivity contribution is 7.99. The third-order valence-corrected chi connectivity index (χ3v) is 4.56. The fourth-order valence-corrected chi connectivity index (χ4v) is 3.22. The van der Waals surface area contributed by atoms with Gasteiger partial charge in [-0.05, 0) is 11.6 Å². The van der Waals surface area contributed by atoms with Crippen molar-refractivity contribution in [2.45, 2.75) is 12.3 Å². The van der Waals surface area contributed by atoms with Crippen LogP contribution in [-0.4, -0.2) is 16.6 Å². The minimum atomic E-state index is -0.0198. The van der Waals surface area contributed by atoms with Crippen LogP contribution in [-0.2, 0) is 17.1 Å². The molecular formula is C13H14ClN3OS2. The molecule has 0 saturated carbocycles. The number of nitrogens with one attached hydrogen (secondary N) is 1. The Hall–Kier alpha value is -1.24. The van der Waals surface area contributed by atoms with E-state index in [4.69, 9.17) is 17.3 Å². The molecule has 2 aromatic rings. The first kappa shape index (κ1) is 15.2. The molecule has 1 aromatic carbocycles. The Morgan fingerprint density at radius 2 is 2.25 bits per heavy atom. The second-order valence-corrected chi connectivity index (χ2v) is 6.32. The van der Waals surface area contributed by atoms with Gasteiger partial charge in [0.25, 0.3) is 0 Å². The second-order valence-electron chi connectivity index (χ2n) is 4.04. The van der Waals surface area contributed by atoms with Crippen molar-refractivity contribution in [3.8, 4) is 0 Å². The third kappa shape index (κ3) is 4.70. The fourth-order valence-electron chi connectivity index (χ4n) is 1.51. The van der Waals surface area contributed by atoms with Crippen molar-refractivity contribution in [1.29, 1.82) is 0 Å². The molecule has 0 unspecified atom stereocenters. The quantitative estimate of drug-likeness (QED) is 0.856. The van der Waals surface area contributed by atoms with Gasteiger partial charge in [-0.25, -0.2) is 4.98 Å². The normalized spacial score (nSPS) is 10.4. The fraction of sp³-hybridized carbons (Fsp3) is 0.231. The van der Waals surface area contributed by atoms with E-state index in [1.807, 2.05) is 29.6 Å². The van der Waals surface area contributed by atoms with E-state index >= 15 is 0 Å². The zero-order valence-electron chi connectivity index (χ0n) is 10.6. The van der Waals surface area contributed by atoms with Crippen LogP contribution in [0.5, 0.6) is 0 Å². The molecular weight excluding hydrogens is 314 g/mol. The monoisotopic (exact) mass is 327 g/mol. The molecule has 1 amide bonds. The van der Waals surface area contributed by atoms with Crippen LogP contribution in [0.2, 0.25) is 5.02 Å². The van der Waals surface area contributed by atoms with Gasteiger partial charge in [-0.2, -0.15) is 0 Å². The number of anilines is 1. The number of nitrogens with zero attached hydrogens (tertiary/aromatic N) is 1. The maximum Gasteiger partial charge on any atom is 0.230 e. The summed E-state index contributed by atoms with van der Waals surface area (Å²) in [6, 6.07) is 7.65. The molecule has 1 heterocycles. The van der Waals surface area contributed by atoms with Crippen molar-refractivity contribution in [1.82, 2.24) is 10.3 Å². The van der Waals surface area contributed by atoms with Crippen LogP contribution in [0.25, 0.3) is 0 Å². The molecule has 1 aromatic heterocycles. The van der Waals surface area contributed by atoms with Gasteiger partial charge in [-0.1, -0.05) is 29.8 Å². The SMILES string of the molecule is Nc1nc(CNC(=O)CSCc2ccccc2Cl)cs1. The number of carbonyl (C=O) groups excluding carboxylic acids is 1. The van der Waals surface area contributed by atoms with E-state index in [1.165, 1.54) is 23.1 Å². The van der Waals surface area contributed by atoms with E-state index in [9.17, 15) is 4.79 Å². The Morgan fingerprint density at radius 1 is 1.45 bits per heavy atom. The number of hydrogen-bond acceptors (Lipinski definition) is 5. The van der Waals surface area contributed by atoms with Crippen molar-refractivity contribution in [3.63, 3.8) is 0 Å². The van der Waals surface area contributed by atoms with Gasteiger partial charge in [0.15, 0.2) is 5.13 Å². The average molecular weight is 328 g/mol. The van der Waals surface area contributed by atoms with E-state index in [-0.39, 0.29) is 5.91 Å². The smallest absolute Gasteiger partial charge is 0.230 e. The minimum Gasteiger partial charge on any atom is -0.375 e. The summed E-state index contributed by atoms with van der Waals surface area (Å²) in [6.07, 6.45) is 0. The summed E-state index contributed by atoms with van der Waals surface area (Å²) in [4.78, 5) is 15.8. The minimum absolute atomic E-state index is 0.0198. The highest BCUT2D eigenvalue weighted by Crippen LogP contribution is 2.20. The second kappa shape index (κ2) is 7.52. The molecule has 4 nitrogen and oxygen atoms in total. The van der Waals surface area contributed by atoms with Crippen molar-refractivity contribution in [2.24, 2.45) is 0 Å². The number of thioether (sulfide) groups is 1. The summed E-state index contributed by atoms with van der Waals surface area (Å²) in [5.74, 6) is 1.09. The lowest BCUT2D eigenvalue weighted by Crippen LogP contribution is -2.24. The number of carbonyl (C=O) groups is 1. The van der Waals surface area contributed by atoms with Gasteiger partial charge in [0.2, 0.25) is 5.91 Å². The first-order chi connectivity index (χ1) is 9.65. The molecule has 0 aliphatic heterocycles. The van der Waals surface area contributed by atoms with Crippen LogP contribution in [0.4, 0.5) is 5.13 Å². The molecule has 0 saturated heterocycles. The number of aromatic nitrogens is 1. The van der Waals surface area contributed by atoms with Crippen molar-refractivity contribution < 1.29 is 4.79 Å². The van der Waals surface area contributed by atoms with Crippen LogP contribution in [0.15, 0.2) is 29.6 Å². The summed E-state index contributed by atoms with van der Waals surface area (Å²) < 4.78 is 0.